The van der Waals surface area contributed by atoms with Gasteiger partial charge < -0.3 is 27.9 Å². The second-order valence-corrected chi connectivity index (χ2v) is 21.7. The van der Waals surface area contributed by atoms with Gasteiger partial charge in [0.05, 0.1) is 27.7 Å². The zero-order valence-corrected chi connectivity index (χ0v) is 45.5. The molecule has 0 amide bonds. The Morgan fingerprint density at radius 1 is 0.463 bits per heavy atom. The minimum Gasteiger partial charge on any atom is -0.756 e. The summed E-state index contributed by atoms with van der Waals surface area (Å²) < 4.78 is 33.8. The number of esters is 2. The van der Waals surface area contributed by atoms with Crippen molar-refractivity contribution >= 4 is 19.8 Å². The summed E-state index contributed by atoms with van der Waals surface area (Å²) in [5, 5.41) is 0. The van der Waals surface area contributed by atoms with E-state index in [1.54, 1.807) is 0 Å². The molecule has 0 N–H and O–H groups in total. The number of likely N-dealkylation sites (N-methyl/N-ethyl adjacent to an activating group) is 1. The Morgan fingerprint density at radius 2 is 0.806 bits per heavy atom. The molecule has 0 aromatic heterocycles. The van der Waals surface area contributed by atoms with E-state index in [9.17, 15) is 19.0 Å². The lowest BCUT2D eigenvalue weighted by molar-refractivity contribution is -0.870. The standard InChI is InChI=1S/C57H108NO8P/c1-6-8-10-12-14-15-16-17-18-19-20-21-22-23-24-25-26-27-28-29-30-31-32-33-34-35-36-37-38-39-40-41-42-43-44-46-48-50-57(60)66-55(53-63-56(59)49-47-45-13-11-9-7-2)54-65-67(61,62)64-52-51-58(3,4)5/h16-17,19-20,22-23,55H,6-15,18,21,24-54H2,1-5H3/b17-16-,20-19-,23-22-. The molecular formula is C57H108NO8P. The van der Waals surface area contributed by atoms with E-state index in [2.05, 4.69) is 50.3 Å². The smallest absolute Gasteiger partial charge is 0.306 e. The molecule has 0 aromatic carbocycles. The van der Waals surface area contributed by atoms with Crippen molar-refractivity contribution in [2.75, 3.05) is 47.5 Å². The van der Waals surface area contributed by atoms with Crippen LogP contribution >= 0.6 is 7.82 Å². The van der Waals surface area contributed by atoms with Crippen LogP contribution in [0.4, 0.5) is 0 Å². The molecule has 0 aliphatic heterocycles. The summed E-state index contributed by atoms with van der Waals surface area (Å²) in [6.07, 6.45) is 59.7. The van der Waals surface area contributed by atoms with Gasteiger partial charge in [-0.05, 0) is 51.4 Å². The topological polar surface area (TPSA) is 111 Å². The fraction of sp³-hybridized carbons (Fsp3) is 0.860. The van der Waals surface area contributed by atoms with Gasteiger partial charge in [0.25, 0.3) is 7.82 Å². The van der Waals surface area contributed by atoms with Crippen molar-refractivity contribution in [1.29, 1.82) is 0 Å². The summed E-state index contributed by atoms with van der Waals surface area (Å²) in [6.45, 7) is 4.17. The number of carbonyl (C=O) groups excluding carboxylic acids is 2. The number of allylic oxidation sites excluding steroid dienone is 6. The molecule has 0 aliphatic carbocycles. The maximum atomic E-state index is 12.7. The van der Waals surface area contributed by atoms with E-state index in [4.69, 9.17) is 18.5 Å². The molecular weight excluding hydrogens is 858 g/mol. The molecule has 9 nitrogen and oxygen atoms in total. The second kappa shape index (κ2) is 49.2. The van der Waals surface area contributed by atoms with Crippen molar-refractivity contribution < 1.29 is 42.1 Å². The van der Waals surface area contributed by atoms with E-state index in [1.165, 1.54) is 180 Å². The summed E-state index contributed by atoms with van der Waals surface area (Å²) >= 11 is 0. The molecule has 10 heteroatoms. The largest absolute Gasteiger partial charge is 0.756 e. The van der Waals surface area contributed by atoms with Gasteiger partial charge in [0.15, 0.2) is 6.10 Å². The van der Waals surface area contributed by atoms with Crippen LogP contribution in [0, 0.1) is 0 Å². The zero-order chi connectivity index (χ0) is 49.2. The Labute approximate surface area is 414 Å². The predicted molar refractivity (Wildman–Crippen MR) is 282 cm³/mol. The summed E-state index contributed by atoms with van der Waals surface area (Å²) in [6, 6.07) is 0. The number of carbonyl (C=O) groups is 2. The van der Waals surface area contributed by atoms with E-state index in [0.717, 1.165) is 51.4 Å². The van der Waals surface area contributed by atoms with Crippen molar-refractivity contribution in [3.63, 3.8) is 0 Å². The number of unbranched alkanes of at least 4 members (excludes halogenated alkanes) is 32. The average Bonchev–Trinajstić information content (AvgIpc) is 3.29. The molecule has 0 saturated carbocycles. The molecule has 0 radical (unpaired) electrons. The highest BCUT2D eigenvalue weighted by molar-refractivity contribution is 7.45. The van der Waals surface area contributed by atoms with Crippen molar-refractivity contribution in [2.45, 2.75) is 270 Å². The summed E-state index contributed by atoms with van der Waals surface area (Å²) in [4.78, 5) is 37.4. The number of hydrogen-bond acceptors (Lipinski definition) is 8. The molecule has 2 unspecified atom stereocenters. The van der Waals surface area contributed by atoms with Crippen LogP contribution in [0.5, 0.6) is 0 Å². The monoisotopic (exact) mass is 966 g/mol. The Bertz CT molecular complexity index is 1230. The molecule has 0 spiro atoms. The Kier molecular flexibility index (Phi) is 47.9. The number of phosphoric acid groups is 1. The van der Waals surface area contributed by atoms with Crippen molar-refractivity contribution in [3.8, 4) is 0 Å². The number of ether oxygens (including phenoxy) is 2. The van der Waals surface area contributed by atoms with Gasteiger partial charge in [0.2, 0.25) is 0 Å². The Hall–Kier alpha value is -1.77. The highest BCUT2D eigenvalue weighted by atomic mass is 31.2. The number of phosphoric ester groups is 1. The number of hydrogen-bond donors (Lipinski definition) is 0. The third kappa shape index (κ3) is 53.4. The molecule has 67 heavy (non-hydrogen) atoms. The normalized spacial score (nSPS) is 13.6. The minimum atomic E-state index is -4.62. The van der Waals surface area contributed by atoms with Gasteiger partial charge in [-0.3, -0.25) is 14.2 Å². The van der Waals surface area contributed by atoms with Gasteiger partial charge in [0.1, 0.15) is 19.8 Å². The van der Waals surface area contributed by atoms with Crippen molar-refractivity contribution in [1.82, 2.24) is 0 Å². The van der Waals surface area contributed by atoms with Crippen LogP contribution in [-0.2, 0) is 32.7 Å². The Morgan fingerprint density at radius 3 is 1.19 bits per heavy atom. The van der Waals surface area contributed by atoms with Crippen LogP contribution in [0.15, 0.2) is 36.5 Å². The molecule has 0 saturated heterocycles. The fourth-order valence-electron chi connectivity index (χ4n) is 8.02. The van der Waals surface area contributed by atoms with Crippen LogP contribution < -0.4 is 4.89 Å². The SMILES string of the molecule is CCCCCCC/C=C\C/C=C\C/C=C\CCCCCCCCCCCCCCCCCCCCCCCCC(=O)OC(COC(=O)CCCCCCCC)COP(=O)([O-])OCC[N+](C)(C)C. The van der Waals surface area contributed by atoms with E-state index < -0.39 is 26.5 Å². The lowest BCUT2D eigenvalue weighted by atomic mass is 10.0. The van der Waals surface area contributed by atoms with Crippen molar-refractivity contribution in [2.24, 2.45) is 0 Å². The van der Waals surface area contributed by atoms with Crippen LogP contribution in [0.2, 0.25) is 0 Å². The quantitative estimate of drug-likeness (QED) is 0.0195. The summed E-state index contributed by atoms with van der Waals surface area (Å²) in [5.41, 5.74) is 0. The van der Waals surface area contributed by atoms with E-state index in [0.29, 0.717) is 17.4 Å². The maximum absolute atomic E-state index is 12.7. The minimum absolute atomic E-state index is 0.0283. The number of nitrogens with zero attached hydrogens (tertiary/aromatic N) is 1. The number of rotatable bonds is 52. The first-order valence-electron chi connectivity index (χ1n) is 28.2. The summed E-state index contributed by atoms with van der Waals surface area (Å²) in [7, 11) is 1.18. The zero-order valence-electron chi connectivity index (χ0n) is 44.6. The van der Waals surface area contributed by atoms with Gasteiger partial charge in [-0.2, -0.15) is 0 Å². The van der Waals surface area contributed by atoms with Gasteiger partial charge >= 0.3 is 11.9 Å². The van der Waals surface area contributed by atoms with Crippen LogP contribution in [0.25, 0.3) is 0 Å². The lowest BCUT2D eigenvalue weighted by Crippen LogP contribution is -2.37. The molecule has 0 rings (SSSR count). The molecule has 2 atom stereocenters. The molecule has 394 valence electrons. The number of quaternary nitrogens is 1. The van der Waals surface area contributed by atoms with Gasteiger partial charge in [-0.1, -0.05) is 237 Å². The first kappa shape index (κ1) is 65.2. The molecule has 0 aliphatic rings. The third-order valence-electron chi connectivity index (χ3n) is 12.4. The van der Waals surface area contributed by atoms with Gasteiger partial charge in [-0.15, -0.1) is 0 Å². The van der Waals surface area contributed by atoms with Crippen molar-refractivity contribution in [3.05, 3.63) is 36.5 Å². The van der Waals surface area contributed by atoms with E-state index >= 15 is 0 Å². The van der Waals surface area contributed by atoms with Crippen LogP contribution in [0.1, 0.15) is 264 Å². The van der Waals surface area contributed by atoms with E-state index in [-0.39, 0.29) is 32.0 Å². The highest BCUT2D eigenvalue weighted by Gasteiger charge is 2.21. The van der Waals surface area contributed by atoms with Gasteiger partial charge in [0, 0.05) is 12.8 Å². The fourth-order valence-corrected chi connectivity index (χ4v) is 8.75. The average molecular weight is 966 g/mol. The van der Waals surface area contributed by atoms with Gasteiger partial charge in [-0.25, -0.2) is 0 Å². The second-order valence-electron chi connectivity index (χ2n) is 20.3. The third-order valence-corrected chi connectivity index (χ3v) is 13.4. The van der Waals surface area contributed by atoms with Crippen LogP contribution in [0.3, 0.4) is 0 Å². The van der Waals surface area contributed by atoms with Crippen LogP contribution in [-0.4, -0.2) is 70.0 Å². The predicted octanol–water partition coefficient (Wildman–Crippen LogP) is 16.6. The van der Waals surface area contributed by atoms with E-state index in [1.807, 2.05) is 21.1 Å². The lowest BCUT2D eigenvalue weighted by Gasteiger charge is -2.28. The summed E-state index contributed by atoms with van der Waals surface area (Å²) in [5.74, 6) is -0.833. The first-order valence-corrected chi connectivity index (χ1v) is 29.7. The Balaban J connectivity index is 3.79. The first-order chi connectivity index (χ1) is 32.5. The highest BCUT2D eigenvalue weighted by Crippen LogP contribution is 2.38. The molecule has 0 bridgehead atoms. The molecule has 0 aromatic rings. The molecule has 0 heterocycles. The molecule has 0 fully saturated rings. The maximum Gasteiger partial charge on any atom is 0.306 e.